The molecule has 4 heteroatoms. The predicted molar refractivity (Wildman–Crippen MR) is 118 cm³/mol. The van der Waals surface area contributed by atoms with E-state index in [0.29, 0.717) is 6.54 Å². The van der Waals surface area contributed by atoms with Gasteiger partial charge in [0.15, 0.2) is 0 Å². The summed E-state index contributed by atoms with van der Waals surface area (Å²) in [6, 6.07) is 8.62. The lowest BCUT2D eigenvalue weighted by Gasteiger charge is -2.21. The Bertz CT molecular complexity index is 766. The Labute approximate surface area is 174 Å². The average molecular weight is 398 g/mol. The maximum Gasteiger partial charge on any atom is 0.0640 e. The van der Waals surface area contributed by atoms with E-state index in [1.165, 1.54) is 55.2 Å². The summed E-state index contributed by atoms with van der Waals surface area (Å²) in [5.74, 6) is 0.931. The van der Waals surface area contributed by atoms with Crippen molar-refractivity contribution in [3.05, 3.63) is 57.9 Å². The van der Waals surface area contributed by atoms with E-state index >= 15 is 0 Å². The number of anilines is 1. The van der Waals surface area contributed by atoms with Crippen LogP contribution in [0.4, 0.5) is 5.69 Å². The van der Waals surface area contributed by atoms with Crippen molar-refractivity contribution in [2.24, 2.45) is 5.92 Å². The van der Waals surface area contributed by atoms with E-state index in [1.54, 1.807) is 0 Å². The predicted octanol–water partition coefficient (Wildman–Crippen LogP) is 5.55. The molecule has 1 saturated carbocycles. The standard InChI is InChI=1S/C24H32ClN3/c25-23-11-9-20-12-14-26-15-13-22(20)24(23)28-17-21-10-8-19(16-27-21)7-6-18-4-2-1-3-5-18/h8-11,16,18,26,28H,1-7,12-15,17H2. The summed E-state index contributed by atoms with van der Waals surface area (Å²) in [7, 11) is 0. The van der Waals surface area contributed by atoms with Crippen LogP contribution in [0.25, 0.3) is 0 Å². The number of fused-ring (bicyclic) bond motifs is 1. The van der Waals surface area contributed by atoms with Gasteiger partial charge in [-0.3, -0.25) is 4.98 Å². The van der Waals surface area contributed by atoms with Crippen LogP contribution >= 0.6 is 11.6 Å². The third-order valence-electron chi connectivity index (χ3n) is 6.38. The fraction of sp³-hybridized carbons (Fsp3) is 0.542. The van der Waals surface area contributed by atoms with E-state index in [0.717, 1.165) is 54.7 Å². The molecule has 0 spiro atoms. The van der Waals surface area contributed by atoms with Crippen molar-refractivity contribution >= 4 is 17.3 Å². The highest BCUT2D eigenvalue weighted by Crippen LogP contribution is 2.31. The molecule has 2 aromatic rings. The second-order valence-electron chi connectivity index (χ2n) is 8.36. The van der Waals surface area contributed by atoms with Gasteiger partial charge in [-0.15, -0.1) is 0 Å². The number of hydrogen-bond donors (Lipinski definition) is 2. The molecule has 2 N–H and O–H groups in total. The Balaban J connectivity index is 1.35. The number of aromatic nitrogens is 1. The first kappa shape index (κ1) is 19.7. The topological polar surface area (TPSA) is 37.0 Å². The number of benzene rings is 1. The summed E-state index contributed by atoms with van der Waals surface area (Å²) in [6.07, 6.45) is 13.8. The van der Waals surface area contributed by atoms with Crippen molar-refractivity contribution in [1.29, 1.82) is 0 Å². The molecule has 1 aromatic carbocycles. The molecule has 2 heterocycles. The van der Waals surface area contributed by atoms with Crippen molar-refractivity contribution in [2.45, 2.75) is 64.3 Å². The van der Waals surface area contributed by atoms with Gasteiger partial charge < -0.3 is 10.6 Å². The second kappa shape index (κ2) is 9.76. The van der Waals surface area contributed by atoms with Gasteiger partial charge in [-0.2, -0.15) is 0 Å². The summed E-state index contributed by atoms with van der Waals surface area (Å²) >= 11 is 6.52. The number of nitrogens with zero attached hydrogens (tertiary/aromatic N) is 1. The maximum absolute atomic E-state index is 6.52. The van der Waals surface area contributed by atoms with Gasteiger partial charge in [0, 0.05) is 6.20 Å². The number of pyridine rings is 1. The molecule has 1 aliphatic heterocycles. The van der Waals surface area contributed by atoms with Gasteiger partial charge in [-0.05, 0) is 73.5 Å². The van der Waals surface area contributed by atoms with Gasteiger partial charge in [0.1, 0.15) is 0 Å². The molecule has 1 fully saturated rings. The molecule has 0 saturated heterocycles. The first-order valence-corrected chi connectivity index (χ1v) is 11.4. The van der Waals surface area contributed by atoms with Crippen LogP contribution < -0.4 is 10.6 Å². The van der Waals surface area contributed by atoms with Gasteiger partial charge >= 0.3 is 0 Å². The van der Waals surface area contributed by atoms with E-state index in [9.17, 15) is 0 Å². The van der Waals surface area contributed by atoms with Gasteiger partial charge in [0.05, 0.1) is 22.9 Å². The Kier molecular flexibility index (Phi) is 6.87. The van der Waals surface area contributed by atoms with Crippen molar-refractivity contribution in [3.63, 3.8) is 0 Å². The number of aryl methyl sites for hydroxylation is 1. The van der Waals surface area contributed by atoms with E-state index in [2.05, 4.69) is 35.0 Å². The van der Waals surface area contributed by atoms with Crippen LogP contribution in [-0.2, 0) is 25.8 Å². The van der Waals surface area contributed by atoms with Crippen molar-refractivity contribution in [3.8, 4) is 0 Å². The number of rotatable bonds is 6. The van der Waals surface area contributed by atoms with E-state index < -0.39 is 0 Å². The Morgan fingerprint density at radius 1 is 1.04 bits per heavy atom. The van der Waals surface area contributed by atoms with Crippen molar-refractivity contribution in [2.75, 3.05) is 18.4 Å². The van der Waals surface area contributed by atoms with Crippen LogP contribution in [0.15, 0.2) is 30.5 Å². The van der Waals surface area contributed by atoms with Gasteiger partial charge in [-0.1, -0.05) is 55.8 Å². The number of halogens is 1. The summed E-state index contributed by atoms with van der Waals surface area (Å²) in [4.78, 5) is 4.70. The van der Waals surface area contributed by atoms with Crippen LogP contribution in [0.3, 0.4) is 0 Å². The second-order valence-corrected chi connectivity index (χ2v) is 8.77. The molecule has 0 bridgehead atoms. The fourth-order valence-corrected chi connectivity index (χ4v) is 4.91. The molecule has 0 radical (unpaired) electrons. The minimum absolute atomic E-state index is 0.715. The molecule has 0 unspecified atom stereocenters. The normalized spacial score (nSPS) is 17.8. The molecular weight excluding hydrogens is 366 g/mol. The highest BCUT2D eigenvalue weighted by molar-refractivity contribution is 6.33. The SMILES string of the molecule is Clc1ccc2c(c1NCc1ccc(CCC3CCCCC3)cn1)CCNCC2. The molecule has 4 rings (SSSR count). The fourth-order valence-electron chi connectivity index (χ4n) is 4.67. The molecular formula is C24H32ClN3. The third-order valence-corrected chi connectivity index (χ3v) is 6.70. The highest BCUT2D eigenvalue weighted by Gasteiger charge is 2.15. The van der Waals surface area contributed by atoms with Crippen LogP contribution in [0, 0.1) is 5.92 Å². The highest BCUT2D eigenvalue weighted by atomic mass is 35.5. The van der Waals surface area contributed by atoms with E-state index in [4.69, 9.17) is 16.6 Å². The molecule has 2 aliphatic rings. The summed E-state index contributed by atoms with van der Waals surface area (Å²) in [5.41, 5.74) is 6.30. The number of hydrogen-bond acceptors (Lipinski definition) is 3. The van der Waals surface area contributed by atoms with Crippen molar-refractivity contribution in [1.82, 2.24) is 10.3 Å². The quantitative estimate of drug-likeness (QED) is 0.671. The van der Waals surface area contributed by atoms with Crippen LogP contribution in [0.2, 0.25) is 5.02 Å². The average Bonchev–Trinajstić information content (AvgIpc) is 2.99. The van der Waals surface area contributed by atoms with Crippen LogP contribution in [0.1, 0.15) is 60.9 Å². The van der Waals surface area contributed by atoms with Crippen LogP contribution in [0.5, 0.6) is 0 Å². The molecule has 0 atom stereocenters. The third kappa shape index (κ3) is 5.07. The maximum atomic E-state index is 6.52. The van der Waals surface area contributed by atoms with Gasteiger partial charge in [-0.25, -0.2) is 0 Å². The summed E-state index contributed by atoms with van der Waals surface area (Å²) < 4.78 is 0. The molecule has 3 nitrogen and oxygen atoms in total. The lowest BCUT2D eigenvalue weighted by molar-refractivity contribution is 0.339. The zero-order valence-electron chi connectivity index (χ0n) is 16.8. The Morgan fingerprint density at radius 2 is 1.89 bits per heavy atom. The molecule has 1 aliphatic carbocycles. The minimum Gasteiger partial charge on any atom is -0.378 e. The van der Waals surface area contributed by atoms with E-state index in [1.807, 2.05) is 6.07 Å². The zero-order chi connectivity index (χ0) is 19.2. The summed E-state index contributed by atoms with van der Waals surface area (Å²) in [6.45, 7) is 2.76. The summed E-state index contributed by atoms with van der Waals surface area (Å²) in [5, 5.41) is 7.85. The zero-order valence-corrected chi connectivity index (χ0v) is 17.5. The smallest absolute Gasteiger partial charge is 0.0640 e. The first-order chi connectivity index (χ1) is 13.8. The molecule has 150 valence electrons. The minimum atomic E-state index is 0.715. The first-order valence-electron chi connectivity index (χ1n) is 11.0. The molecule has 0 amide bonds. The number of nitrogens with one attached hydrogen (secondary N) is 2. The lowest BCUT2D eigenvalue weighted by Crippen LogP contribution is -2.16. The lowest BCUT2D eigenvalue weighted by atomic mass is 9.85. The van der Waals surface area contributed by atoms with Gasteiger partial charge in [0.25, 0.3) is 0 Å². The monoisotopic (exact) mass is 397 g/mol. The van der Waals surface area contributed by atoms with Crippen molar-refractivity contribution < 1.29 is 0 Å². The Morgan fingerprint density at radius 3 is 2.71 bits per heavy atom. The largest absolute Gasteiger partial charge is 0.378 e. The van der Waals surface area contributed by atoms with Crippen LogP contribution in [-0.4, -0.2) is 18.1 Å². The molecule has 1 aromatic heterocycles. The van der Waals surface area contributed by atoms with Gasteiger partial charge in [0.2, 0.25) is 0 Å². The molecule has 28 heavy (non-hydrogen) atoms. The van der Waals surface area contributed by atoms with E-state index in [-0.39, 0.29) is 0 Å². The Hall–Kier alpha value is -1.58.